The molecular weight excluding hydrogens is 194 g/mol. The van der Waals surface area contributed by atoms with Gasteiger partial charge in [0, 0.05) is 26.2 Å². The molecule has 1 fully saturated rings. The van der Waals surface area contributed by atoms with Crippen molar-refractivity contribution in [3.8, 4) is 5.88 Å². The van der Waals surface area contributed by atoms with Crippen LogP contribution in [0.1, 0.15) is 0 Å². The summed E-state index contributed by atoms with van der Waals surface area (Å²) in [5.74, 6) is 0.684. The lowest BCUT2D eigenvalue weighted by atomic mass is 10.4. The first-order valence-electron chi connectivity index (χ1n) is 5.11. The molecular formula is C9H13N5O. The minimum atomic E-state index is 0.550. The van der Waals surface area contributed by atoms with Crippen molar-refractivity contribution in [1.82, 2.24) is 20.3 Å². The van der Waals surface area contributed by atoms with E-state index in [1.165, 1.54) is 6.33 Å². The number of hydrazine groups is 1. The Morgan fingerprint density at radius 1 is 1.33 bits per heavy atom. The summed E-state index contributed by atoms with van der Waals surface area (Å²) >= 11 is 0. The third kappa shape index (κ3) is 1.51. The monoisotopic (exact) mass is 207 g/mol. The number of hydrogen-bond acceptors (Lipinski definition) is 6. The SMILES string of the molecule is c1ncc2c(n1)OCN2N1CCNCC1. The van der Waals surface area contributed by atoms with Crippen LogP contribution in [0.3, 0.4) is 0 Å². The van der Waals surface area contributed by atoms with Crippen molar-refractivity contribution in [2.45, 2.75) is 0 Å². The van der Waals surface area contributed by atoms with Gasteiger partial charge in [-0.05, 0) is 0 Å². The molecule has 0 unspecified atom stereocenters. The number of aromatic nitrogens is 2. The molecule has 1 aromatic heterocycles. The van der Waals surface area contributed by atoms with Gasteiger partial charge < -0.3 is 10.1 Å². The summed E-state index contributed by atoms with van der Waals surface area (Å²) in [6.07, 6.45) is 3.32. The van der Waals surface area contributed by atoms with Crippen LogP contribution >= 0.6 is 0 Å². The second-order valence-corrected chi connectivity index (χ2v) is 3.59. The van der Waals surface area contributed by atoms with E-state index in [4.69, 9.17) is 4.74 Å². The molecule has 1 aromatic rings. The Kier molecular flexibility index (Phi) is 2.15. The van der Waals surface area contributed by atoms with Gasteiger partial charge in [-0.3, -0.25) is 5.01 Å². The second kappa shape index (κ2) is 3.63. The quantitative estimate of drug-likeness (QED) is 0.667. The Morgan fingerprint density at radius 3 is 3.07 bits per heavy atom. The lowest BCUT2D eigenvalue weighted by Gasteiger charge is -2.34. The van der Waals surface area contributed by atoms with Crippen LogP contribution in [0.15, 0.2) is 12.5 Å². The van der Waals surface area contributed by atoms with E-state index in [1.54, 1.807) is 6.20 Å². The maximum atomic E-state index is 5.48. The third-order valence-electron chi connectivity index (χ3n) is 2.69. The molecule has 0 aliphatic carbocycles. The zero-order chi connectivity index (χ0) is 10.1. The molecule has 0 spiro atoms. The van der Waals surface area contributed by atoms with Crippen molar-refractivity contribution in [3.63, 3.8) is 0 Å². The average Bonchev–Trinajstić information content (AvgIpc) is 2.74. The molecule has 0 aromatic carbocycles. The zero-order valence-corrected chi connectivity index (χ0v) is 8.39. The van der Waals surface area contributed by atoms with Crippen LogP contribution in [0.4, 0.5) is 5.69 Å². The summed E-state index contributed by atoms with van der Waals surface area (Å²) < 4.78 is 5.48. The highest BCUT2D eigenvalue weighted by molar-refractivity contribution is 5.54. The Labute approximate surface area is 87.8 Å². The first kappa shape index (κ1) is 8.87. The van der Waals surface area contributed by atoms with Crippen LogP contribution in [-0.2, 0) is 0 Å². The molecule has 2 aliphatic rings. The summed E-state index contributed by atoms with van der Waals surface area (Å²) in [6.45, 7) is 4.57. The standard InChI is InChI=1S/C9H13N5O/c1-3-13(4-2-10-1)14-7-15-9-8(14)5-11-6-12-9/h5-6,10H,1-4,7H2. The molecule has 6 heteroatoms. The molecule has 0 radical (unpaired) electrons. The molecule has 2 aliphatic heterocycles. The van der Waals surface area contributed by atoms with E-state index < -0.39 is 0 Å². The topological polar surface area (TPSA) is 53.5 Å². The zero-order valence-electron chi connectivity index (χ0n) is 8.39. The van der Waals surface area contributed by atoms with Gasteiger partial charge in [0.05, 0.1) is 6.20 Å². The predicted octanol–water partition coefficient (Wildman–Crippen LogP) is -0.547. The van der Waals surface area contributed by atoms with Gasteiger partial charge in [0.2, 0.25) is 5.88 Å². The number of ether oxygens (including phenoxy) is 1. The Hall–Kier alpha value is -1.40. The number of nitrogens with zero attached hydrogens (tertiary/aromatic N) is 4. The summed E-state index contributed by atoms with van der Waals surface area (Å²) in [5.41, 5.74) is 0.972. The lowest BCUT2D eigenvalue weighted by molar-refractivity contribution is 0.184. The van der Waals surface area contributed by atoms with E-state index >= 15 is 0 Å². The molecule has 1 N–H and O–H groups in total. The fourth-order valence-corrected chi connectivity index (χ4v) is 1.92. The van der Waals surface area contributed by atoms with E-state index in [0.29, 0.717) is 12.6 Å². The van der Waals surface area contributed by atoms with Crippen LogP contribution in [0, 0.1) is 0 Å². The number of anilines is 1. The van der Waals surface area contributed by atoms with Crippen molar-refractivity contribution in [2.24, 2.45) is 0 Å². The van der Waals surface area contributed by atoms with Crippen molar-refractivity contribution in [3.05, 3.63) is 12.5 Å². The molecule has 80 valence electrons. The summed E-state index contributed by atoms with van der Waals surface area (Å²) in [5, 5.41) is 7.70. The maximum Gasteiger partial charge on any atom is 0.244 e. The van der Waals surface area contributed by atoms with Crippen LogP contribution in [0.25, 0.3) is 0 Å². The van der Waals surface area contributed by atoms with Gasteiger partial charge in [-0.2, -0.15) is 4.98 Å². The highest BCUT2D eigenvalue weighted by Crippen LogP contribution is 2.31. The summed E-state index contributed by atoms with van der Waals surface area (Å²) in [6, 6.07) is 0. The first-order valence-corrected chi connectivity index (χ1v) is 5.11. The smallest absolute Gasteiger partial charge is 0.244 e. The van der Waals surface area contributed by atoms with Gasteiger partial charge >= 0.3 is 0 Å². The molecule has 0 amide bonds. The maximum absolute atomic E-state index is 5.48. The largest absolute Gasteiger partial charge is 0.453 e. The fraction of sp³-hybridized carbons (Fsp3) is 0.556. The van der Waals surface area contributed by atoms with Crippen LogP contribution in [0.2, 0.25) is 0 Å². The molecule has 1 saturated heterocycles. The molecule has 3 rings (SSSR count). The predicted molar refractivity (Wildman–Crippen MR) is 54.4 cm³/mol. The third-order valence-corrected chi connectivity index (χ3v) is 2.69. The van der Waals surface area contributed by atoms with Crippen molar-refractivity contribution >= 4 is 5.69 Å². The number of piperazine rings is 1. The molecule has 0 saturated carbocycles. The Balaban J connectivity index is 1.83. The molecule has 0 atom stereocenters. The fourth-order valence-electron chi connectivity index (χ4n) is 1.92. The minimum Gasteiger partial charge on any atom is -0.453 e. The van der Waals surface area contributed by atoms with Crippen molar-refractivity contribution < 1.29 is 4.74 Å². The van der Waals surface area contributed by atoms with Gasteiger partial charge in [-0.25, -0.2) is 9.99 Å². The number of nitrogens with one attached hydrogen (secondary N) is 1. The van der Waals surface area contributed by atoms with Gasteiger partial charge in [0.25, 0.3) is 0 Å². The highest BCUT2D eigenvalue weighted by atomic mass is 16.5. The normalized spacial score (nSPS) is 21.2. The van der Waals surface area contributed by atoms with Crippen molar-refractivity contribution in [2.75, 3.05) is 37.9 Å². The van der Waals surface area contributed by atoms with E-state index in [9.17, 15) is 0 Å². The molecule has 0 bridgehead atoms. The number of rotatable bonds is 1. The van der Waals surface area contributed by atoms with Crippen LogP contribution < -0.4 is 15.1 Å². The first-order chi connectivity index (χ1) is 7.45. The van der Waals surface area contributed by atoms with E-state index in [2.05, 4.69) is 25.3 Å². The van der Waals surface area contributed by atoms with Gasteiger partial charge in [0.15, 0.2) is 6.73 Å². The summed E-state index contributed by atoms with van der Waals surface area (Å²) in [4.78, 5) is 8.11. The lowest BCUT2D eigenvalue weighted by Crippen LogP contribution is -2.52. The molecule has 6 nitrogen and oxygen atoms in total. The molecule has 15 heavy (non-hydrogen) atoms. The second-order valence-electron chi connectivity index (χ2n) is 3.59. The Morgan fingerprint density at radius 2 is 2.20 bits per heavy atom. The number of hydrogen-bond donors (Lipinski definition) is 1. The molecule has 3 heterocycles. The van der Waals surface area contributed by atoms with E-state index in [-0.39, 0.29) is 0 Å². The van der Waals surface area contributed by atoms with Crippen LogP contribution in [0.5, 0.6) is 5.88 Å². The van der Waals surface area contributed by atoms with Crippen molar-refractivity contribution in [1.29, 1.82) is 0 Å². The van der Waals surface area contributed by atoms with E-state index in [0.717, 1.165) is 31.9 Å². The van der Waals surface area contributed by atoms with Gasteiger partial charge in [0.1, 0.15) is 12.0 Å². The minimum absolute atomic E-state index is 0.550. The van der Waals surface area contributed by atoms with Crippen LogP contribution in [-0.4, -0.2) is 47.9 Å². The number of fused-ring (bicyclic) bond motifs is 1. The highest BCUT2D eigenvalue weighted by Gasteiger charge is 2.27. The van der Waals surface area contributed by atoms with E-state index in [1.807, 2.05) is 0 Å². The van der Waals surface area contributed by atoms with Gasteiger partial charge in [-0.1, -0.05) is 0 Å². The Bertz CT molecular complexity index is 352. The average molecular weight is 207 g/mol. The van der Waals surface area contributed by atoms with Gasteiger partial charge in [-0.15, -0.1) is 0 Å². The summed E-state index contributed by atoms with van der Waals surface area (Å²) in [7, 11) is 0.